The van der Waals surface area contributed by atoms with Crippen LogP contribution in [0.25, 0.3) is 0 Å². The van der Waals surface area contributed by atoms with Crippen LogP contribution in [0.3, 0.4) is 0 Å². The number of aromatic hydroxyl groups is 2. The van der Waals surface area contributed by atoms with E-state index >= 15 is 0 Å². The van der Waals surface area contributed by atoms with E-state index in [1.165, 1.54) is 4.57 Å². The van der Waals surface area contributed by atoms with Crippen molar-refractivity contribution in [2.75, 3.05) is 0 Å². The Kier molecular flexibility index (Phi) is 3.37. The highest BCUT2D eigenvalue weighted by Crippen LogP contribution is 2.38. The summed E-state index contributed by atoms with van der Waals surface area (Å²) in [6.45, 7) is 6.38. The van der Waals surface area contributed by atoms with Crippen LogP contribution in [0.5, 0.6) is 11.8 Å². The quantitative estimate of drug-likeness (QED) is 0.762. The molecule has 0 amide bonds. The molecule has 1 unspecified atom stereocenters. The SMILES string of the molecule is CC(C)C(C)Sc1cc(O)n(C)c1O. The van der Waals surface area contributed by atoms with Gasteiger partial charge in [0.15, 0.2) is 5.88 Å². The minimum absolute atomic E-state index is 0.0981. The predicted octanol–water partition coefficient (Wildman–Crippen LogP) is 2.57. The zero-order valence-corrected chi connectivity index (χ0v) is 9.80. The van der Waals surface area contributed by atoms with Gasteiger partial charge in [-0.15, -0.1) is 11.8 Å². The van der Waals surface area contributed by atoms with Gasteiger partial charge in [-0.25, -0.2) is 0 Å². The standard InChI is InChI=1S/C10H17NO2S/c1-6(2)7(3)14-8-5-9(12)11(4)10(8)13/h5-7,12-13H,1-4H3. The molecule has 1 aromatic heterocycles. The van der Waals surface area contributed by atoms with Gasteiger partial charge in [0.05, 0.1) is 4.90 Å². The third-order valence-corrected chi connectivity index (χ3v) is 3.86. The highest BCUT2D eigenvalue weighted by molar-refractivity contribution is 8.00. The molecule has 2 N–H and O–H groups in total. The van der Waals surface area contributed by atoms with Crippen molar-refractivity contribution in [1.29, 1.82) is 0 Å². The van der Waals surface area contributed by atoms with Crippen LogP contribution in [-0.4, -0.2) is 20.0 Å². The Morgan fingerprint density at radius 2 is 1.86 bits per heavy atom. The zero-order valence-electron chi connectivity index (χ0n) is 8.98. The molecule has 1 atom stereocenters. The van der Waals surface area contributed by atoms with Crippen molar-refractivity contribution in [3.8, 4) is 11.8 Å². The van der Waals surface area contributed by atoms with Gasteiger partial charge in [-0.3, -0.25) is 4.57 Å². The molecule has 1 aromatic rings. The summed E-state index contributed by atoms with van der Waals surface area (Å²) < 4.78 is 1.37. The van der Waals surface area contributed by atoms with E-state index in [2.05, 4.69) is 20.8 Å². The number of rotatable bonds is 3. The molecule has 0 aliphatic rings. The van der Waals surface area contributed by atoms with Crippen molar-refractivity contribution in [1.82, 2.24) is 4.57 Å². The van der Waals surface area contributed by atoms with E-state index in [4.69, 9.17) is 0 Å². The molecule has 0 saturated heterocycles. The number of aromatic nitrogens is 1. The topological polar surface area (TPSA) is 45.4 Å². The lowest BCUT2D eigenvalue weighted by atomic mass is 10.2. The highest BCUT2D eigenvalue weighted by atomic mass is 32.2. The van der Waals surface area contributed by atoms with E-state index in [0.717, 1.165) is 4.90 Å². The first-order valence-corrected chi connectivity index (χ1v) is 5.55. The number of hydrogen-bond donors (Lipinski definition) is 2. The molecule has 1 heterocycles. The summed E-state index contributed by atoms with van der Waals surface area (Å²) in [7, 11) is 1.63. The summed E-state index contributed by atoms with van der Waals surface area (Å²) in [4.78, 5) is 0.742. The van der Waals surface area contributed by atoms with Gasteiger partial charge in [-0.2, -0.15) is 0 Å². The van der Waals surface area contributed by atoms with Crippen molar-refractivity contribution in [3.63, 3.8) is 0 Å². The third-order valence-electron chi connectivity index (χ3n) is 2.39. The second-order valence-corrected chi connectivity index (χ2v) is 5.24. The van der Waals surface area contributed by atoms with Gasteiger partial charge in [0.1, 0.15) is 0 Å². The molecule has 0 aromatic carbocycles. The minimum Gasteiger partial charge on any atom is -0.494 e. The van der Waals surface area contributed by atoms with Crippen LogP contribution >= 0.6 is 11.8 Å². The fourth-order valence-corrected chi connectivity index (χ4v) is 2.06. The van der Waals surface area contributed by atoms with E-state index in [-0.39, 0.29) is 11.8 Å². The van der Waals surface area contributed by atoms with Crippen molar-refractivity contribution < 1.29 is 10.2 Å². The normalized spacial score (nSPS) is 13.5. The monoisotopic (exact) mass is 215 g/mol. The second kappa shape index (κ2) is 4.17. The van der Waals surface area contributed by atoms with Crippen LogP contribution < -0.4 is 0 Å². The maximum atomic E-state index is 9.63. The molecular weight excluding hydrogens is 198 g/mol. The zero-order chi connectivity index (χ0) is 10.9. The Hall–Kier alpha value is -0.770. The molecule has 0 aliphatic heterocycles. The van der Waals surface area contributed by atoms with Crippen molar-refractivity contribution in [2.24, 2.45) is 13.0 Å². The molecule has 0 fully saturated rings. The van der Waals surface area contributed by atoms with E-state index in [1.807, 2.05) is 0 Å². The molecule has 80 valence electrons. The lowest BCUT2D eigenvalue weighted by Crippen LogP contribution is -2.04. The first-order valence-electron chi connectivity index (χ1n) is 4.67. The highest BCUT2D eigenvalue weighted by Gasteiger charge is 2.16. The lowest BCUT2D eigenvalue weighted by molar-refractivity contribution is 0.382. The Balaban J connectivity index is 2.82. The van der Waals surface area contributed by atoms with E-state index in [9.17, 15) is 10.2 Å². The Morgan fingerprint density at radius 1 is 1.29 bits per heavy atom. The third kappa shape index (κ3) is 2.18. The average molecular weight is 215 g/mol. The second-order valence-electron chi connectivity index (χ2n) is 3.82. The van der Waals surface area contributed by atoms with Gasteiger partial charge in [-0.1, -0.05) is 20.8 Å². The van der Waals surface area contributed by atoms with Crippen molar-refractivity contribution in [3.05, 3.63) is 6.07 Å². The van der Waals surface area contributed by atoms with E-state index < -0.39 is 0 Å². The summed E-state index contributed by atoms with van der Waals surface area (Å²) in [5, 5.41) is 19.4. The Bertz CT molecular complexity index is 320. The Labute approximate surface area is 88.8 Å². The predicted molar refractivity (Wildman–Crippen MR) is 58.9 cm³/mol. The number of thioether (sulfide) groups is 1. The van der Waals surface area contributed by atoms with Gasteiger partial charge in [0.25, 0.3) is 0 Å². The van der Waals surface area contributed by atoms with Crippen LogP contribution in [0.2, 0.25) is 0 Å². The van der Waals surface area contributed by atoms with Gasteiger partial charge in [0.2, 0.25) is 5.88 Å². The summed E-state index contributed by atoms with van der Waals surface area (Å²) >= 11 is 1.58. The largest absolute Gasteiger partial charge is 0.494 e. The molecular formula is C10H17NO2S. The number of nitrogens with zero attached hydrogens (tertiary/aromatic N) is 1. The van der Waals surface area contributed by atoms with Crippen LogP contribution in [0.4, 0.5) is 0 Å². The maximum absolute atomic E-state index is 9.63. The van der Waals surface area contributed by atoms with Crippen LogP contribution in [0.15, 0.2) is 11.0 Å². The molecule has 0 saturated carbocycles. The van der Waals surface area contributed by atoms with Gasteiger partial charge in [0, 0.05) is 18.4 Å². The summed E-state index contributed by atoms with van der Waals surface area (Å²) in [6.07, 6.45) is 0. The minimum atomic E-state index is 0.0981. The molecule has 3 nitrogen and oxygen atoms in total. The number of hydrogen-bond acceptors (Lipinski definition) is 3. The fraction of sp³-hybridized carbons (Fsp3) is 0.600. The smallest absolute Gasteiger partial charge is 0.207 e. The molecule has 1 rings (SSSR count). The van der Waals surface area contributed by atoms with Gasteiger partial charge >= 0.3 is 0 Å². The van der Waals surface area contributed by atoms with E-state index in [0.29, 0.717) is 11.2 Å². The van der Waals surface area contributed by atoms with Crippen molar-refractivity contribution >= 4 is 11.8 Å². The molecule has 0 aliphatic carbocycles. The molecule has 4 heteroatoms. The lowest BCUT2D eigenvalue weighted by Gasteiger charge is -2.13. The summed E-state index contributed by atoms with van der Waals surface area (Å²) in [6, 6.07) is 1.60. The first kappa shape index (κ1) is 11.3. The molecule has 0 bridgehead atoms. The first-order chi connectivity index (χ1) is 6.43. The van der Waals surface area contributed by atoms with Crippen LogP contribution in [0, 0.1) is 5.92 Å². The summed E-state index contributed by atoms with van der Waals surface area (Å²) in [5.41, 5.74) is 0. The fourth-order valence-electron chi connectivity index (χ4n) is 0.976. The van der Waals surface area contributed by atoms with Crippen molar-refractivity contribution in [2.45, 2.75) is 30.9 Å². The van der Waals surface area contributed by atoms with E-state index in [1.54, 1.807) is 24.9 Å². The van der Waals surface area contributed by atoms with Gasteiger partial charge < -0.3 is 10.2 Å². The molecule has 0 spiro atoms. The Morgan fingerprint density at radius 3 is 2.21 bits per heavy atom. The van der Waals surface area contributed by atoms with Crippen LogP contribution in [0.1, 0.15) is 20.8 Å². The maximum Gasteiger partial charge on any atom is 0.207 e. The summed E-state index contributed by atoms with van der Waals surface area (Å²) in [5.74, 6) is 0.780. The molecule has 14 heavy (non-hydrogen) atoms. The van der Waals surface area contributed by atoms with Gasteiger partial charge in [-0.05, 0) is 5.92 Å². The molecule has 0 radical (unpaired) electrons. The van der Waals surface area contributed by atoms with Crippen LogP contribution in [-0.2, 0) is 7.05 Å². The average Bonchev–Trinajstić information content (AvgIpc) is 2.33.